The summed E-state index contributed by atoms with van der Waals surface area (Å²) >= 11 is 0. The van der Waals surface area contributed by atoms with E-state index in [1.807, 2.05) is 0 Å². The van der Waals surface area contributed by atoms with Crippen molar-refractivity contribution in [2.45, 2.75) is 95.4 Å². The van der Waals surface area contributed by atoms with Crippen LogP contribution in [0.4, 0.5) is 26.3 Å². The van der Waals surface area contributed by atoms with Crippen LogP contribution in [0.25, 0.3) is 0 Å². The van der Waals surface area contributed by atoms with Crippen molar-refractivity contribution in [3.8, 4) is 5.75 Å². The highest BCUT2D eigenvalue weighted by molar-refractivity contribution is 5.28. The van der Waals surface area contributed by atoms with E-state index in [1.54, 1.807) is 0 Å². The highest BCUT2D eigenvalue weighted by atomic mass is 19.4. The van der Waals surface area contributed by atoms with Gasteiger partial charge in [-0.05, 0) is 105 Å². The second-order valence-corrected chi connectivity index (χ2v) is 10.3. The van der Waals surface area contributed by atoms with Crippen LogP contribution < -0.4 is 4.74 Å². The van der Waals surface area contributed by atoms with Crippen LogP contribution in [0.2, 0.25) is 0 Å². The zero-order chi connectivity index (χ0) is 27.5. The fourth-order valence-electron chi connectivity index (χ4n) is 5.51. The Balaban J connectivity index is 0.000000260. The van der Waals surface area contributed by atoms with Gasteiger partial charge in [0.1, 0.15) is 5.82 Å². The molecule has 212 valence electrons. The van der Waals surface area contributed by atoms with E-state index in [2.05, 4.69) is 35.9 Å². The summed E-state index contributed by atoms with van der Waals surface area (Å²) in [5.74, 6) is -1.36. The Kier molecular flexibility index (Phi) is 11.8. The topological polar surface area (TPSA) is 18.5 Å². The lowest BCUT2D eigenvalue weighted by atomic mass is 9.77. The molecule has 2 fully saturated rings. The van der Waals surface area contributed by atoms with E-state index in [9.17, 15) is 26.3 Å². The summed E-state index contributed by atoms with van der Waals surface area (Å²) < 4.78 is 81.0. The summed E-state index contributed by atoms with van der Waals surface area (Å²) in [4.78, 5) is 0. The Morgan fingerprint density at radius 3 is 1.82 bits per heavy atom. The molecule has 0 aromatic heterocycles. The monoisotopic (exact) mass is 544 g/mol. The van der Waals surface area contributed by atoms with Crippen molar-refractivity contribution in [3.63, 3.8) is 0 Å². The quantitative estimate of drug-likeness (QED) is 0.308. The maximum absolute atomic E-state index is 12.5. The first-order valence-electron chi connectivity index (χ1n) is 13.7. The lowest BCUT2D eigenvalue weighted by Gasteiger charge is -2.30. The van der Waals surface area contributed by atoms with Gasteiger partial charge in [0, 0.05) is 12.7 Å². The van der Waals surface area contributed by atoms with Gasteiger partial charge in [-0.3, -0.25) is 4.39 Å². The smallest absolute Gasteiger partial charge is 0.403 e. The number of ether oxygens (including phenoxy) is 2. The fraction of sp³-hybridized carbons (Fsp3) is 0.600. The third kappa shape index (κ3) is 9.83. The van der Waals surface area contributed by atoms with Crippen molar-refractivity contribution in [2.75, 3.05) is 13.3 Å². The molecule has 0 amide bonds. The van der Waals surface area contributed by atoms with Gasteiger partial charge < -0.3 is 9.47 Å². The van der Waals surface area contributed by atoms with Gasteiger partial charge in [-0.2, -0.15) is 0 Å². The molecule has 2 nitrogen and oxygen atoms in total. The molecule has 0 bridgehead atoms. The molecule has 0 N–H and O–H groups in total. The van der Waals surface area contributed by atoms with Crippen LogP contribution in [0.1, 0.15) is 94.1 Å². The van der Waals surface area contributed by atoms with Gasteiger partial charge in [-0.1, -0.05) is 31.2 Å². The Hall–Kier alpha value is -2.22. The van der Waals surface area contributed by atoms with Gasteiger partial charge in [-0.25, -0.2) is 8.78 Å². The summed E-state index contributed by atoms with van der Waals surface area (Å²) in [6, 6.07) is 11.0. The van der Waals surface area contributed by atoms with Crippen LogP contribution in [0.5, 0.6) is 5.75 Å². The van der Waals surface area contributed by atoms with E-state index >= 15 is 0 Å². The van der Waals surface area contributed by atoms with E-state index in [0.717, 1.165) is 25.4 Å². The van der Waals surface area contributed by atoms with Crippen molar-refractivity contribution in [2.24, 2.45) is 5.92 Å². The van der Waals surface area contributed by atoms with E-state index in [1.165, 1.54) is 62.5 Å². The minimum atomic E-state index is -4.97. The number of benzene rings is 2. The normalized spacial score (nSPS) is 23.9. The van der Waals surface area contributed by atoms with Crippen molar-refractivity contribution >= 4 is 0 Å². The summed E-state index contributed by atoms with van der Waals surface area (Å²) in [6.07, 6.45) is 7.27. The molecular weight excluding hydrogens is 506 g/mol. The fourth-order valence-corrected chi connectivity index (χ4v) is 5.51. The van der Waals surface area contributed by atoms with Crippen molar-refractivity contribution in [1.29, 1.82) is 0 Å². The van der Waals surface area contributed by atoms with Crippen molar-refractivity contribution in [3.05, 3.63) is 65.2 Å². The van der Waals surface area contributed by atoms with Crippen LogP contribution in [0.15, 0.2) is 42.5 Å². The molecule has 0 radical (unpaired) electrons. The molecule has 38 heavy (non-hydrogen) atoms. The maximum atomic E-state index is 12.5. The van der Waals surface area contributed by atoms with Crippen LogP contribution in [-0.4, -0.2) is 25.7 Å². The van der Waals surface area contributed by atoms with Gasteiger partial charge in [0.15, 0.2) is 11.6 Å². The summed E-state index contributed by atoms with van der Waals surface area (Å²) in [7, 11) is 0. The van der Waals surface area contributed by atoms with Gasteiger partial charge in [0.25, 0.3) is 0 Å². The Labute approximate surface area is 221 Å². The molecule has 2 saturated carbocycles. The minimum absolute atomic E-state index is 0.143. The maximum Gasteiger partial charge on any atom is 0.573 e. The molecule has 0 atom stereocenters. The first-order valence-corrected chi connectivity index (χ1v) is 13.7. The molecule has 0 heterocycles. The lowest BCUT2D eigenvalue weighted by molar-refractivity contribution is -0.275. The number of rotatable bonds is 8. The molecule has 0 aliphatic heterocycles. The van der Waals surface area contributed by atoms with Gasteiger partial charge in [-0.15, -0.1) is 13.2 Å². The second kappa shape index (κ2) is 14.8. The zero-order valence-electron chi connectivity index (χ0n) is 21.9. The van der Waals surface area contributed by atoms with E-state index in [-0.39, 0.29) is 6.67 Å². The number of hydrogen-bond donors (Lipinski definition) is 0. The molecule has 0 saturated heterocycles. The standard InChI is InChI=1S/C23H35FO.C7H3F5O/c1-2-17-25-23-13-11-22(12-14-23)21-9-7-20(8-10-21)19-5-3-18(4-6-19)15-16-24;8-4-1-2-6(5(9)3-4)13-7(10,11)12/h7-10,18-19,22-23H,2-6,11-17H2,1H3;1-3H. The third-order valence-electron chi connectivity index (χ3n) is 7.59. The van der Waals surface area contributed by atoms with Crippen LogP contribution in [-0.2, 0) is 4.74 Å². The summed E-state index contributed by atoms with van der Waals surface area (Å²) in [5, 5.41) is 0. The SMILES string of the molecule is CCCOC1CCC(c2ccc(C3CCC(CCF)CC3)cc2)CC1.Fc1ccc(OC(F)(F)F)c(F)c1. The van der Waals surface area contributed by atoms with Crippen LogP contribution in [0, 0.1) is 17.6 Å². The predicted octanol–water partition coefficient (Wildman–Crippen LogP) is 9.64. The Bertz CT molecular complexity index is 946. The van der Waals surface area contributed by atoms with Gasteiger partial charge >= 0.3 is 6.36 Å². The zero-order valence-corrected chi connectivity index (χ0v) is 21.9. The van der Waals surface area contributed by atoms with Crippen molar-refractivity contribution in [1.82, 2.24) is 0 Å². The summed E-state index contributed by atoms with van der Waals surface area (Å²) in [6.45, 7) is 2.95. The molecule has 2 aliphatic carbocycles. The number of hydrogen-bond acceptors (Lipinski definition) is 2. The minimum Gasteiger partial charge on any atom is -0.403 e. The molecule has 0 spiro atoms. The average molecular weight is 545 g/mol. The van der Waals surface area contributed by atoms with Crippen LogP contribution in [0.3, 0.4) is 0 Å². The lowest BCUT2D eigenvalue weighted by Crippen LogP contribution is -2.21. The average Bonchev–Trinajstić information content (AvgIpc) is 2.90. The number of alkyl halides is 4. The van der Waals surface area contributed by atoms with Crippen molar-refractivity contribution < 1.29 is 35.8 Å². The van der Waals surface area contributed by atoms with Gasteiger partial charge in [0.05, 0.1) is 12.8 Å². The van der Waals surface area contributed by atoms with Gasteiger partial charge in [0.2, 0.25) is 0 Å². The predicted molar refractivity (Wildman–Crippen MR) is 136 cm³/mol. The van der Waals surface area contributed by atoms with Crippen LogP contribution >= 0.6 is 0 Å². The molecule has 2 aromatic carbocycles. The summed E-state index contributed by atoms with van der Waals surface area (Å²) in [5.41, 5.74) is 3.02. The van der Waals surface area contributed by atoms with E-state index < -0.39 is 23.7 Å². The molecular formula is C30H38F6O2. The first-order chi connectivity index (χ1) is 18.2. The molecule has 4 rings (SSSR count). The third-order valence-corrected chi connectivity index (χ3v) is 7.59. The van der Waals surface area contributed by atoms with E-state index in [0.29, 0.717) is 36.1 Å². The molecule has 0 unspecified atom stereocenters. The number of halogens is 6. The Morgan fingerprint density at radius 2 is 1.34 bits per heavy atom. The second-order valence-electron chi connectivity index (χ2n) is 10.3. The largest absolute Gasteiger partial charge is 0.573 e. The highest BCUT2D eigenvalue weighted by Gasteiger charge is 2.32. The molecule has 8 heteroatoms. The highest BCUT2D eigenvalue weighted by Crippen LogP contribution is 2.39. The van der Waals surface area contributed by atoms with E-state index in [4.69, 9.17) is 4.74 Å². The first kappa shape index (κ1) is 30.3. The Morgan fingerprint density at radius 1 is 0.789 bits per heavy atom. The molecule has 2 aromatic rings. The molecule has 2 aliphatic rings.